The quantitative estimate of drug-likeness (QED) is 0.824. The van der Waals surface area contributed by atoms with E-state index in [9.17, 15) is 9.59 Å². The maximum Gasteiger partial charge on any atom is 0.224 e. The zero-order valence-electron chi connectivity index (χ0n) is 16.6. The normalized spacial score (nSPS) is 14.8. The Labute approximate surface area is 164 Å². The molecular weight excluding hydrogens is 358 g/mol. The number of hydrogen-bond donors (Lipinski definition) is 1. The van der Waals surface area contributed by atoms with Crippen molar-refractivity contribution in [2.45, 2.75) is 52.7 Å². The summed E-state index contributed by atoms with van der Waals surface area (Å²) in [7, 11) is 0. The van der Waals surface area contributed by atoms with Gasteiger partial charge in [0, 0.05) is 57.6 Å². The number of aromatic nitrogens is 3. The van der Waals surface area contributed by atoms with Gasteiger partial charge >= 0.3 is 0 Å². The molecule has 8 heteroatoms. The summed E-state index contributed by atoms with van der Waals surface area (Å²) in [4.78, 5) is 29.6. The fourth-order valence-electron chi connectivity index (χ4n) is 3.38. The maximum atomic E-state index is 12.5. The third-order valence-electron chi connectivity index (χ3n) is 4.78. The third kappa shape index (κ3) is 5.31. The molecule has 28 heavy (non-hydrogen) atoms. The number of pyridine rings is 1. The highest BCUT2D eigenvalue weighted by Gasteiger charge is 2.24. The zero-order chi connectivity index (χ0) is 20.1. The van der Waals surface area contributed by atoms with Gasteiger partial charge in [-0.2, -0.15) is 5.10 Å². The summed E-state index contributed by atoms with van der Waals surface area (Å²) in [5, 5.41) is 7.08. The fourth-order valence-corrected chi connectivity index (χ4v) is 3.38. The van der Waals surface area contributed by atoms with Crippen LogP contribution in [-0.2, 0) is 16.1 Å². The van der Waals surface area contributed by atoms with Gasteiger partial charge in [0.05, 0.1) is 17.6 Å². The van der Waals surface area contributed by atoms with Gasteiger partial charge in [-0.3, -0.25) is 14.3 Å². The molecule has 0 atom stereocenters. The second-order valence-electron chi connectivity index (χ2n) is 7.16. The van der Waals surface area contributed by atoms with E-state index in [1.165, 1.54) is 6.92 Å². The number of aryl methyl sites for hydroxylation is 3. The number of nitrogens with one attached hydrogen (secondary N) is 1. The number of hydrogen-bond acceptors (Lipinski definition) is 5. The second-order valence-corrected chi connectivity index (χ2v) is 7.16. The van der Waals surface area contributed by atoms with Crippen molar-refractivity contribution in [2.24, 2.45) is 0 Å². The molecule has 0 bridgehead atoms. The van der Waals surface area contributed by atoms with Crippen molar-refractivity contribution >= 4 is 17.5 Å². The molecule has 1 aliphatic rings. The first-order chi connectivity index (χ1) is 13.4. The Balaban J connectivity index is 1.43. The van der Waals surface area contributed by atoms with Gasteiger partial charge in [-0.25, -0.2) is 4.98 Å². The van der Waals surface area contributed by atoms with Gasteiger partial charge in [-0.15, -0.1) is 0 Å². The van der Waals surface area contributed by atoms with E-state index in [1.807, 2.05) is 29.5 Å². The first kappa shape index (κ1) is 19.9. The number of amides is 2. The first-order valence-corrected chi connectivity index (χ1v) is 9.60. The SMILES string of the molecule is CC(=O)Nc1ccc(OC2CCN(C(=O)CCn3nc(C)cc3C)CC2)nc1. The maximum absolute atomic E-state index is 12.5. The van der Waals surface area contributed by atoms with Crippen LogP contribution in [0.25, 0.3) is 0 Å². The van der Waals surface area contributed by atoms with Crippen molar-refractivity contribution in [3.05, 3.63) is 35.8 Å². The molecule has 2 amide bonds. The summed E-state index contributed by atoms with van der Waals surface area (Å²) in [6, 6.07) is 5.53. The van der Waals surface area contributed by atoms with Crippen molar-refractivity contribution in [3.63, 3.8) is 0 Å². The fraction of sp³-hybridized carbons (Fsp3) is 0.500. The van der Waals surface area contributed by atoms with Crippen LogP contribution in [0.2, 0.25) is 0 Å². The van der Waals surface area contributed by atoms with E-state index in [2.05, 4.69) is 15.4 Å². The molecule has 0 aliphatic carbocycles. The van der Waals surface area contributed by atoms with Crippen LogP contribution in [-0.4, -0.2) is 50.7 Å². The van der Waals surface area contributed by atoms with Gasteiger partial charge in [0.15, 0.2) is 0 Å². The molecule has 3 heterocycles. The summed E-state index contributed by atoms with van der Waals surface area (Å²) in [6.07, 6.45) is 3.63. The van der Waals surface area contributed by atoms with Crippen LogP contribution in [0, 0.1) is 13.8 Å². The Hall–Kier alpha value is -2.90. The van der Waals surface area contributed by atoms with E-state index in [0.717, 1.165) is 24.2 Å². The number of carbonyl (C=O) groups excluding carboxylic acids is 2. The highest BCUT2D eigenvalue weighted by atomic mass is 16.5. The number of anilines is 1. The van der Waals surface area contributed by atoms with Gasteiger partial charge in [0.25, 0.3) is 0 Å². The Bertz CT molecular complexity index is 823. The summed E-state index contributed by atoms with van der Waals surface area (Å²) < 4.78 is 7.80. The second kappa shape index (κ2) is 8.86. The van der Waals surface area contributed by atoms with Crippen LogP contribution in [0.5, 0.6) is 5.88 Å². The molecule has 0 radical (unpaired) electrons. The van der Waals surface area contributed by atoms with E-state index < -0.39 is 0 Å². The summed E-state index contributed by atoms with van der Waals surface area (Å²) in [5.74, 6) is 0.553. The van der Waals surface area contributed by atoms with Crippen molar-refractivity contribution in [1.29, 1.82) is 0 Å². The summed E-state index contributed by atoms with van der Waals surface area (Å²) in [6.45, 7) is 7.40. The predicted molar refractivity (Wildman–Crippen MR) is 105 cm³/mol. The molecule has 2 aromatic rings. The predicted octanol–water partition coefficient (Wildman–Crippen LogP) is 2.31. The molecule has 0 unspecified atom stereocenters. The van der Waals surface area contributed by atoms with Gasteiger partial charge in [-0.1, -0.05) is 0 Å². The van der Waals surface area contributed by atoms with E-state index >= 15 is 0 Å². The van der Waals surface area contributed by atoms with Crippen molar-refractivity contribution in [2.75, 3.05) is 18.4 Å². The number of piperidine rings is 1. The first-order valence-electron chi connectivity index (χ1n) is 9.60. The number of nitrogens with zero attached hydrogens (tertiary/aromatic N) is 4. The molecule has 2 aromatic heterocycles. The molecule has 1 aliphatic heterocycles. The Kier molecular flexibility index (Phi) is 6.28. The third-order valence-corrected chi connectivity index (χ3v) is 4.78. The van der Waals surface area contributed by atoms with Gasteiger partial charge < -0.3 is 15.0 Å². The summed E-state index contributed by atoms with van der Waals surface area (Å²) >= 11 is 0. The molecule has 0 spiro atoms. The van der Waals surface area contributed by atoms with Crippen molar-refractivity contribution in [1.82, 2.24) is 19.7 Å². The lowest BCUT2D eigenvalue weighted by molar-refractivity contribution is -0.133. The van der Waals surface area contributed by atoms with E-state index in [0.29, 0.717) is 37.6 Å². The topological polar surface area (TPSA) is 89.4 Å². The standard InChI is InChI=1S/C20H27N5O3/c1-14-12-15(2)25(23-14)11-8-20(27)24-9-6-18(7-10-24)28-19-5-4-17(13-21-19)22-16(3)26/h4-5,12-13,18H,6-11H2,1-3H3,(H,22,26). The van der Waals surface area contributed by atoms with Crippen LogP contribution in [0.15, 0.2) is 24.4 Å². The molecule has 150 valence electrons. The minimum absolute atomic E-state index is 0.0409. The molecule has 1 fully saturated rings. The van der Waals surface area contributed by atoms with E-state index in [4.69, 9.17) is 4.74 Å². The van der Waals surface area contributed by atoms with Crippen LogP contribution in [0.4, 0.5) is 5.69 Å². The van der Waals surface area contributed by atoms with Gasteiger partial charge in [0.1, 0.15) is 6.10 Å². The van der Waals surface area contributed by atoms with Crippen molar-refractivity contribution in [3.8, 4) is 5.88 Å². The Morgan fingerprint density at radius 1 is 1.25 bits per heavy atom. The minimum atomic E-state index is -0.134. The molecule has 0 saturated carbocycles. The van der Waals surface area contributed by atoms with Crippen LogP contribution in [0.1, 0.15) is 37.6 Å². The molecule has 3 rings (SSSR count). The van der Waals surface area contributed by atoms with E-state index in [1.54, 1.807) is 18.3 Å². The molecule has 1 N–H and O–H groups in total. The lowest BCUT2D eigenvalue weighted by Gasteiger charge is -2.32. The Morgan fingerprint density at radius 3 is 2.57 bits per heavy atom. The van der Waals surface area contributed by atoms with Gasteiger partial charge in [0.2, 0.25) is 17.7 Å². The smallest absolute Gasteiger partial charge is 0.224 e. The highest BCUT2D eigenvalue weighted by Crippen LogP contribution is 2.19. The number of rotatable bonds is 6. The number of carbonyl (C=O) groups is 2. The minimum Gasteiger partial charge on any atom is -0.474 e. The number of likely N-dealkylation sites (tertiary alicyclic amines) is 1. The molecule has 0 aromatic carbocycles. The van der Waals surface area contributed by atoms with Crippen LogP contribution in [0.3, 0.4) is 0 Å². The lowest BCUT2D eigenvalue weighted by Crippen LogP contribution is -2.42. The monoisotopic (exact) mass is 385 g/mol. The summed E-state index contributed by atoms with van der Waals surface area (Å²) in [5.41, 5.74) is 2.69. The van der Waals surface area contributed by atoms with Crippen molar-refractivity contribution < 1.29 is 14.3 Å². The zero-order valence-corrected chi connectivity index (χ0v) is 16.6. The van der Waals surface area contributed by atoms with Crippen LogP contribution < -0.4 is 10.1 Å². The lowest BCUT2D eigenvalue weighted by atomic mass is 10.1. The molecule has 8 nitrogen and oxygen atoms in total. The Morgan fingerprint density at radius 2 is 2.00 bits per heavy atom. The van der Waals surface area contributed by atoms with Crippen LogP contribution >= 0.6 is 0 Å². The highest BCUT2D eigenvalue weighted by molar-refractivity contribution is 5.88. The number of ether oxygens (including phenoxy) is 1. The average molecular weight is 385 g/mol. The van der Waals surface area contributed by atoms with Gasteiger partial charge in [-0.05, 0) is 26.0 Å². The van der Waals surface area contributed by atoms with E-state index in [-0.39, 0.29) is 17.9 Å². The largest absolute Gasteiger partial charge is 0.474 e. The molecular formula is C20H27N5O3. The molecule has 1 saturated heterocycles. The average Bonchev–Trinajstić information content (AvgIpc) is 2.99.